The number of rotatable bonds is 2. The van der Waals surface area contributed by atoms with Crippen LogP contribution in [0.5, 0.6) is 0 Å². The van der Waals surface area contributed by atoms with E-state index in [4.69, 9.17) is 5.11 Å². The molecular weight excluding hydrogens is 271 g/mol. The van der Waals surface area contributed by atoms with Gasteiger partial charge in [-0.05, 0) is 28.7 Å². The number of carboxylic acid groups (broad SMARTS) is 1. The van der Waals surface area contributed by atoms with Crippen LogP contribution in [0.3, 0.4) is 0 Å². The fourth-order valence-corrected chi connectivity index (χ4v) is 1.25. The molecule has 0 bridgehead atoms. The van der Waals surface area contributed by atoms with E-state index in [1.807, 2.05) is 22.6 Å². The van der Waals surface area contributed by atoms with Crippen LogP contribution in [0.1, 0.15) is 10.4 Å². The average Bonchev–Trinajstić information content (AvgIpc) is 2.04. The lowest BCUT2D eigenvalue weighted by molar-refractivity contribution is 0.0697. The number of carbonyl (C=O) groups is 1. The van der Waals surface area contributed by atoms with Crippen LogP contribution in [0.15, 0.2) is 12.3 Å². The molecule has 0 aliphatic rings. The van der Waals surface area contributed by atoms with E-state index >= 15 is 0 Å². The van der Waals surface area contributed by atoms with Crippen molar-refractivity contribution in [3.05, 3.63) is 21.4 Å². The van der Waals surface area contributed by atoms with E-state index < -0.39 is 5.97 Å². The number of nitrogens with zero attached hydrogens (tertiary/aromatic N) is 1. The number of hydrogen-bond donors (Lipinski definition) is 2. The zero-order valence-corrected chi connectivity index (χ0v) is 8.49. The van der Waals surface area contributed by atoms with Gasteiger partial charge in [-0.1, -0.05) is 0 Å². The summed E-state index contributed by atoms with van der Waals surface area (Å²) in [6.07, 6.45) is 1.61. The average molecular weight is 278 g/mol. The molecule has 0 spiro atoms. The Balaban J connectivity index is 3.21. The molecule has 1 rings (SSSR count). The van der Waals surface area contributed by atoms with Gasteiger partial charge in [-0.25, -0.2) is 9.78 Å². The van der Waals surface area contributed by atoms with Gasteiger partial charge in [0.1, 0.15) is 11.4 Å². The van der Waals surface area contributed by atoms with Crippen LogP contribution >= 0.6 is 22.6 Å². The smallest absolute Gasteiger partial charge is 0.339 e. The molecule has 1 heterocycles. The highest BCUT2D eigenvalue weighted by Gasteiger charge is 2.09. The van der Waals surface area contributed by atoms with Gasteiger partial charge in [0.15, 0.2) is 0 Å². The molecule has 4 nitrogen and oxygen atoms in total. The lowest BCUT2D eigenvalue weighted by atomic mass is 10.2. The summed E-state index contributed by atoms with van der Waals surface area (Å²) in [4.78, 5) is 14.6. The van der Waals surface area contributed by atoms with E-state index in [9.17, 15) is 4.79 Å². The first-order valence-electron chi connectivity index (χ1n) is 3.21. The van der Waals surface area contributed by atoms with E-state index in [2.05, 4.69) is 10.3 Å². The van der Waals surface area contributed by atoms with Crippen molar-refractivity contribution in [2.24, 2.45) is 0 Å². The Morgan fingerprint density at radius 3 is 2.92 bits per heavy atom. The Labute approximate surface area is 83.1 Å². The number of aromatic carboxylic acids is 1. The Bertz CT molecular complexity index is 314. The van der Waals surface area contributed by atoms with Crippen LogP contribution in [0.25, 0.3) is 0 Å². The van der Waals surface area contributed by atoms with Crippen molar-refractivity contribution in [1.29, 1.82) is 0 Å². The molecule has 5 heteroatoms. The molecule has 2 N–H and O–H groups in total. The number of nitrogens with one attached hydrogen (secondary N) is 1. The summed E-state index contributed by atoms with van der Waals surface area (Å²) in [5.74, 6) is -0.576. The number of hydrogen-bond acceptors (Lipinski definition) is 3. The second-order valence-corrected chi connectivity index (χ2v) is 3.35. The summed E-state index contributed by atoms with van der Waals surface area (Å²) >= 11 is 2.02. The summed E-state index contributed by atoms with van der Waals surface area (Å²) < 4.78 is 0.809. The minimum absolute atomic E-state index is 0.199. The minimum Gasteiger partial charge on any atom is -0.478 e. The van der Waals surface area contributed by atoms with E-state index in [1.54, 1.807) is 19.3 Å². The standard InChI is InChI=1S/C7H7IN2O2/c1-9-6-5(7(11)12)2-4(8)3-10-6/h2-3H,1H3,(H,9,10)(H,11,12). The first-order valence-corrected chi connectivity index (χ1v) is 4.29. The molecule has 0 amide bonds. The third kappa shape index (κ3) is 1.84. The predicted octanol–water partition coefficient (Wildman–Crippen LogP) is 1.43. The Morgan fingerprint density at radius 2 is 2.42 bits per heavy atom. The van der Waals surface area contributed by atoms with Gasteiger partial charge in [0.25, 0.3) is 0 Å². The topological polar surface area (TPSA) is 62.2 Å². The van der Waals surface area contributed by atoms with E-state index in [-0.39, 0.29) is 5.56 Å². The molecule has 0 aliphatic carbocycles. The monoisotopic (exact) mass is 278 g/mol. The van der Waals surface area contributed by atoms with Gasteiger partial charge in [-0.15, -0.1) is 0 Å². The highest BCUT2D eigenvalue weighted by atomic mass is 127. The second kappa shape index (κ2) is 3.70. The number of pyridine rings is 1. The van der Waals surface area contributed by atoms with E-state index in [1.165, 1.54) is 0 Å². The van der Waals surface area contributed by atoms with Crippen LogP contribution in [0.4, 0.5) is 5.82 Å². The van der Waals surface area contributed by atoms with Crippen LogP contribution < -0.4 is 5.32 Å². The maximum Gasteiger partial charge on any atom is 0.339 e. The van der Waals surface area contributed by atoms with Gasteiger partial charge in [0, 0.05) is 16.8 Å². The summed E-state index contributed by atoms with van der Waals surface area (Å²) in [5, 5.41) is 11.4. The summed E-state index contributed by atoms with van der Waals surface area (Å²) in [7, 11) is 1.64. The normalized spacial score (nSPS) is 9.50. The molecule has 0 radical (unpaired) electrons. The molecular formula is C7H7IN2O2. The first kappa shape index (κ1) is 9.24. The summed E-state index contributed by atoms with van der Waals surface area (Å²) in [6, 6.07) is 1.57. The maximum absolute atomic E-state index is 10.6. The molecule has 1 aromatic rings. The van der Waals surface area contributed by atoms with Gasteiger partial charge in [-0.2, -0.15) is 0 Å². The molecule has 0 aromatic carbocycles. The quantitative estimate of drug-likeness (QED) is 0.803. The highest BCUT2D eigenvalue weighted by Crippen LogP contribution is 2.14. The largest absolute Gasteiger partial charge is 0.478 e. The van der Waals surface area contributed by atoms with Crippen LogP contribution in [0.2, 0.25) is 0 Å². The van der Waals surface area contributed by atoms with Gasteiger partial charge >= 0.3 is 5.97 Å². The second-order valence-electron chi connectivity index (χ2n) is 2.10. The van der Waals surface area contributed by atoms with Crippen molar-refractivity contribution in [3.63, 3.8) is 0 Å². The minimum atomic E-state index is -0.967. The lowest BCUT2D eigenvalue weighted by Gasteiger charge is -2.03. The summed E-state index contributed by atoms with van der Waals surface area (Å²) in [6.45, 7) is 0. The van der Waals surface area contributed by atoms with Crippen molar-refractivity contribution in [1.82, 2.24) is 4.98 Å². The number of anilines is 1. The van der Waals surface area contributed by atoms with Crippen LogP contribution in [0, 0.1) is 3.57 Å². The molecule has 0 atom stereocenters. The molecule has 0 fully saturated rings. The number of carboxylic acids is 1. The van der Waals surface area contributed by atoms with E-state index in [0.717, 1.165) is 3.57 Å². The van der Waals surface area contributed by atoms with Crippen molar-refractivity contribution >= 4 is 34.4 Å². The fraction of sp³-hybridized carbons (Fsp3) is 0.143. The zero-order valence-electron chi connectivity index (χ0n) is 6.34. The molecule has 1 aromatic heterocycles. The highest BCUT2D eigenvalue weighted by molar-refractivity contribution is 14.1. The molecule has 0 saturated carbocycles. The predicted molar refractivity (Wildman–Crippen MR) is 53.5 cm³/mol. The first-order chi connectivity index (χ1) is 5.65. The maximum atomic E-state index is 10.6. The number of aromatic nitrogens is 1. The third-order valence-electron chi connectivity index (χ3n) is 1.32. The Kier molecular flexibility index (Phi) is 2.85. The van der Waals surface area contributed by atoms with Crippen molar-refractivity contribution in [2.75, 3.05) is 12.4 Å². The van der Waals surface area contributed by atoms with Crippen LogP contribution in [-0.4, -0.2) is 23.1 Å². The molecule has 0 unspecified atom stereocenters. The van der Waals surface area contributed by atoms with Gasteiger partial charge in [0.05, 0.1) is 0 Å². The van der Waals surface area contributed by atoms with Gasteiger partial charge in [-0.3, -0.25) is 0 Å². The lowest BCUT2D eigenvalue weighted by Crippen LogP contribution is -2.04. The molecule has 12 heavy (non-hydrogen) atoms. The zero-order chi connectivity index (χ0) is 9.14. The van der Waals surface area contributed by atoms with E-state index in [0.29, 0.717) is 5.82 Å². The fourth-order valence-electron chi connectivity index (χ4n) is 0.802. The Hall–Kier alpha value is -0.850. The molecule has 64 valence electrons. The summed E-state index contributed by atoms with van der Waals surface area (Å²) in [5.41, 5.74) is 0.199. The van der Waals surface area contributed by atoms with Crippen molar-refractivity contribution in [2.45, 2.75) is 0 Å². The number of halogens is 1. The SMILES string of the molecule is CNc1ncc(I)cc1C(=O)O. The Morgan fingerprint density at radius 1 is 1.75 bits per heavy atom. The molecule has 0 aliphatic heterocycles. The van der Waals surface area contributed by atoms with Crippen molar-refractivity contribution < 1.29 is 9.90 Å². The molecule has 0 saturated heterocycles. The van der Waals surface area contributed by atoms with Gasteiger partial charge in [0.2, 0.25) is 0 Å². The van der Waals surface area contributed by atoms with Crippen LogP contribution in [-0.2, 0) is 0 Å². The van der Waals surface area contributed by atoms with Gasteiger partial charge < -0.3 is 10.4 Å². The van der Waals surface area contributed by atoms with Crippen molar-refractivity contribution in [3.8, 4) is 0 Å². The third-order valence-corrected chi connectivity index (χ3v) is 1.91.